The van der Waals surface area contributed by atoms with E-state index >= 15 is 0 Å². The van der Waals surface area contributed by atoms with Crippen molar-refractivity contribution in [3.63, 3.8) is 0 Å². The second-order valence-corrected chi connectivity index (χ2v) is 4.85. The lowest BCUT2D eigenvalue weighted by molar-refractivity contribution is -0.0695. The zero-order valence-electron chi connectivity index (χ0n) is 11.0. The zero-order chi connectivity index (χ0) is 13.0. The van der Waals surface area contributed by atoms with Crippen molar-refractivity contribution in [3.05, 3.63) is 23.8 Å². The van der Waals surface area contributed by atoms with E-state index in [4.69, 9.17) is 9.47 Å². The second kappa shape index (κ2) is 5.59. The van der Waals surface area contributed by atoms with Crippen molar-refractivity contribution < 1.29 is 14.6 Å². The van der Waals surface area contributed by atoms with Crippen molar-refractivity contribution in [1.29, 1.82) is 0 Å². The summed E-state index contributed by atoms with van der Waals surface area (Å²) in [4.78, 5) is 0. The highest BCUT2D eigenvalue weighted by molar-refractivity contribution is 5.41. The Morgan fingerprint density at radius 2 is 2.11 bits per heavy atom. The second-order valence-electron chi connectivity index (χ2n) is 4.85. The fraction of sp³-hybridized carbons (Fsp3) is 0.571. The lowest BCUT2D eigenvalue weighted by atomic mass is 9.80. The molecule has 0 heterocycles. The van der Waals surface area contributed by atoms with Crippen LogP contribution in [0, 0.1) is 0 Å². The van der Waals surface area contributed by atoms with E-state index in [1.54, 1.807) is 26.4 Å². The van der Waals surface area contributed by atoms with E-state index in [1.807, 2.05) is 6.07 Å². The van der Waals surface area contributed by atoms with Crippen LogP contribution >= 0.6 is 0 Å². The van der Waals surface area contributed by atoms with Crippen LogP contribution in [-0.4, -0.2) is 31.5 Å². The highest BCUT2D eigenvalue weighted by atomic mass is 16.5. The minimum Gasteiger partial charge on any atom is -0.504 e. The summed E-state index contributed by atoms with van der Waals surface area (Å²) < 4.78 is 10.6. The maximum Gasteiger partial charge on any atom is 0.160 e. The van der Waals surface area contributed by atoms with Crippen LogP contribution in [0.4, 0.5) is 0 Å². The molecule has 0 aliphatic heterocycles. The molecule has 0 radical (unpaired) electrons. The molecule has 2 rings (SSSR count). The van der Waals surface area contributed by atoms with E-state index in [-0.39, 0.29) is 11.4 Å². The van der Waals surface area contributed by atoms with Crippen molar-refractivity contribution >= 4 is 0 Å². The van der Waals surface area contributed by atoms with Gasteiger partial charge in [-0.25, -0.2) is 0 Å². The number of phenols is 1. The number of hydrogen-bond acceptors (Lipinski definition) is 4. The van der Waals surface area contributed by atoms with E-state index < -0.39 is 0 Å². The Hall–Kier alpha value is -1.26. The third-order valence-corrected chi connectivity index (χ3v) is 3.72. The first-order chi connectivity index (χ1) is 8.69. The Balaban J connectivity index is 1.85. The number of methoxy groups -OCH3 is 2. The van der Waals surface area contributed by atoms with E-state index in [1.165, 1.54) is 6.42 Å². The molecule has 0 aromatic heterocycles. The Bertz CT molecular complexity index is 397. The van der Waals surface area contributed by atoms with Crippen LogP contribution < -0.4 is 10.1 Å². The molecule has 18 heavy (non-hydrogen) atoms. The smallest absolute Gasteiger partial charge is 0.160 e. The lowest BCUT2D eigenvalue weighted by Gasteiger charge is -2.40. The summed E-state index contributed by atoms with van der Waals surface area (Å²) in [6.45, 7) is 1.58. The van der Waals surface area contributed by atoms with Gasteiger partial charge >= 0.3 is 0 Å². The molecule has 0 unspecified atom stereocenters. The topological polar surface area (TPSA) is 50.7 Å². The van der Waals surface area contributed by atoms with Crippen molar-refractivity contribution in [1.82, 2.24) is 5.32 Å². The summed E-state index contributed by atoms with van der Waals surface area (Å²) in [7, 11) is 3.33. The highest BCUT2D eigenvalue weighted by Gasteiger charge is 2.36. The van der Waals surface area contributed by atoms with Gasteiger partial charge < -0.3 is 19.9 Å². The quantitative estimate of drug-likeness (QED) is 0.812. The number of rotatable bonds is 6. The number of aromatic hydroxyl groups is 1. The predicted octanol–water partition coefficient (Wildman–Crippen LogP) is 2.06. The maximum absolute atomic E-state index is 9.68. The van der Waals surface area contributed by atoms with Gasteiger partial charge in [0.05, 0.1) is 12.7 Å². The SMILES string of the molecule is COc1ccc(CNCC2(OC)CCC2)cc1O. The minimum atomic E-state index is 0.0362. The van der Waals surface area contributed by atoms with Crippen LogP contribution in [0.3, 0.4) is 0 Å². The summed E-state index contributed by atoms with van der Waals surface area (Å²) in [5.74, 6) is 0.688. The van der Waals surface area contributed by atoms with Crippen molar-refractivity contribution in [3.8, 4) is 11.5 Å². The molecule has 0 saturated heterocycles. The number of hydrogen-bond donors (Lipinski definition) is 2. The van der Waals surface area contributed by atoms with Gasteiger partial charge in [0.1, 0.15) is 0 Å². The van der Waals surface area contributed by atoms with Gasteiger partial charge in [0.15, 0.2) is 11.5 Å². The van der Waals surface area contributed by atoms with Gasteiger partial charge in [-0.1, -0.05) is 6.07 Å². The molecular formula is C14H21NO3. The molecule has 0 atom stereocenters. The summed E-state index contributed by atoms with van der Waals surface area (Å²) in [6.07, 6.45) is 3.51. The predicted molar refractivity (Wildman–Crippen MR) is 70.0 cm³/mol. The van der Waals surface area contributed by atoms with E-state index in [0.29, 0.717) is 5.75 Å². The Morgan fingerprint density at radius 3 is 2.61 bits per heavy atom. The van der Waals surface area contributed by atoms with E-state index in [9.17, 15) is 5.11 Å². The fourth-order valence-corrected chi connectivity index (χ4v) is 2.30. The van der Waals surface area contributed by atoms with Gasteiger partial charge in [-0.15, -0.1) is 0 Å². The van der Waals surface area contributed by atoms with Gasteiger partial charge in [-0.05, 0) is 37.0 Å². The third kappa shape index (κ3) is 2.76. The first-order valence-electron chi connectivity index (χ1n) is 6.31. The molecule has 100 valence electrons. The summed E-state index contributed by atoms with van der Waals surface area (Å²) in [6, 6.07) is 5.46. The zero-order valence-corrected chi connectivity index (χ0v) is 11.0. The standard InChI is InChI=1S/C14H21NO3/c1-17-13-5-4-11(8-12(13)16)9-15-10-14(18-2)6-3-7-14/h4-5,8,15-16H,3,6-7,9-10H2,1-2H3. The van der Waals surface area contributed by atoms with Gasteiger partial charge in [0.25, 0.3) is 0 Å². The van der Waals surface area contributed by atoms with Crippen LogP contribution in [0.15, 0.2) is 18.2 Å². The molecular weight excluding hydrogens is 230 g/mol. The van der Waals surface area contributed by atoms with Crippen molar-refractivity contribution in [2.75, 3.05) is 20.8 Å². The number of nitrogens with one attached hydrogen (secondary N) is 1. The minimum absolute atomic E-state index is 0.0362. The van der Waals surface area contributed by atoms with Gasteiger partial charge in [-0.2, -0.15) is 0 Å². The third-order valence-electron chi connectivity index (χ3n) is 3.72. The number of benzene rings is 1. The average molecular weight is 251 g/mol. The first-order valence-corrected chi connectivity index (χ1v) is 6.31. The van der Waals surface area contributed by atoms with Gasteiger partial charge in [0, 0.05) is 20.2 Å². The average Bonchev–Trinajstić information content (AvgIpc) is 2.33. The molecule has 1 aromatic rings. The largest absolute Gasteiger partial charge is 0.504 e. The molecule has 2 N–H and O–H groups in total. The number of ether oxygens (including phenoxy) is 2. The maximum atomic E-state index is 9.68. The molecule has 4 heteroatoms. The molecule has 4 nitrogen and oxygen atoms in total. The monoisotopic (exact) mass is 251 g/mol. The lowest BCUT2D eigenvalue weighted by Crippen LogP contribution is -2.47. The Labute approximate surface area is 108 Å². The molecule has 0 spiro atoms. The molecule has 1 fully saturated rings. The van der Waals surface area contributed by atoms with Gasteiger partial charge in [-0.3, -0.25) is 0 Å². The Morgan fingerprint density at radius 1 is 1.33 bits per heavy atom. The molecule has 0 bridgehead atoms. The van der Waals surface area contributed by atoms with Crippen LogP contribution in [0.1, 0.15) is 24.8 Å². The van der Waals surface area contributed by atoms with Gasteiger partial charge in [0.2, 0.25) is 0 Å². The van der Waals surface area contributed by atoms with Crippen LogP contribution in [-0.2, 0) is 11.3 Å². The van der Waals surface area contributed by atoms with Crippen LogP contribution in [0.2, 0.25) is 0 Å². The fourth-order valence-electron chi connectivity index (χ4n) is 2.30. The summed E-state index contributed by atoms with van der Waals surface area (Å²) >= 11 is 0. The molecule has 0 amide bonds. The van der Waals surface area contributed by atoms with Crippen LogP contribution in [0.25, 0.3) is 0 Å². The van der Waals surface area contributed by atoms with Crippen LogP contribution in [0.5, 0.6) is 11.5 Å². The van der Waals surface area contributed by atoms with Crippen molar-refractivity contribution in [2.24, 2.45) is 0 Å². The molecule has 1 aromatic carbocycles. The number of phenolic OH excluding ortho intramolecular Hbond substituents is 1. The normalized spacial score (nSPS) is 17.2. The van der Waals surface area contributed by atoms with E-state index in [2.05, 4.69) is 5.32 Å². The highest BCUT2D eigenvalue weighted by Crippen LogP contribution is 2.34. The summed E-state index contributed by atoms with van der Waals surface area (Å²) in [5.41, 5.74) is 1.08. The first kappa shape index (κ1) is 13.2. The molecule has 1 aliphatic rings. The molecule has 1 aliphatic carbocycles. The molecule has 1 saturated carbocycles. The Kier molecular flexibility index (Phi) is 4.09. The summed E-state index contributed by atoms with van der Waals surface area (Å²) in [5, 5.41) is 13.1. The van der Waals surface area contributed by atoms with E-state index in [0.717, 1.165) is 31.5 Å². The van der Waals surface area contributed by atoms with Crippen molar-refractivity contribution in [2.45, 2.75) is 31.4 Å².